The summed E-state index contributed by atoms with van der Waals surface area (Å²) in [4.78, 5) is 0. The molecule has 0 N–H and O–H groups in total. The largest absolute Gasteiger partial charge is 0.0654 e. The molecule has 1 saturated carbocycles. The van der Waals surface area contributed by atoms with E-state index in [-0.39, 0.29) is 0 Å². The van der Waals surface area contributed by atoms with Crippen molar-refractivity contribution in [1.82, 2.24) is 0 Å². The van der Waals surface area contributed by atoms with E-state index in [0.29, 0.717) is 0 Å². The first-order valence-electron chi connectivity index (χ1n) is 7.24. The van der Waals surface area contributed by atoms with Crippen molar-refractivity contribution in [3.63, 3.8) is 0 Å². The van der Waals surface area contributed by atoms with Gasteiger partial charge in [-0.1, -0.05) is 59.8 Å². The van der Waals surface area contributed by atoms with E-state index in [9.17, 15) is 0 Å². The molecule has 0 aliphatic heterocycles. The van der Waals surface area contributed by atoms with Crippen LogP contribution >= 0.6 is 0 Å². The standard InChI is InChI=1S/C15H30/c1-5-8-10-14-12(4)11-15(14)13(7-3)9-6-2/h12-15H,5-11H2,1-4H3. The molecule has 0 bridgehead atoms. The molecule has 0 radical (unpaired) electrons. The van der Waals surface area contributed by atoms with Gasteiger partial charge in [-0.3, -0.25) is 0 Å². The van der Waals surface area contributed by atoms with Gasteiger partial charge in [-0.25, -0.2) is 0 Å². The van der Waals surface area contributed by atoms with Crippen molar-refractivity contribution in [1.29, 1.82) is 0 Å². The molecule has 4 unspecified atom stereocenters. The maximum absolute atomic E-state index is 2.47. The average Bonchev–Trinajstić information content (AvgIpc) is 2.23. The van der Waals surface area contributed by atoms with Crippen LogP contribution in [-0.2, 0) is 0 Å². The highest BCUT2D eigenvalue weighted by Gasteiger charge is 2.40. The molecule has 0 aromatic rings. The molecule has 90 valence electrons. The predicted molar refractivity (Wildman–Crippen MR) is 69.0 cm³/mol. The summed E-state index contributed by atoms with van der Waals surface area (Å²) in [7, 11) is 0. The summed E-state index contributed by atoms with van der Waals surface area (Å²) in [5, 5.41) is 0. The highest BCUT2D eigenvalue weighted by Crippen LogP contribution is 2.49. The Labute approximate surface area is 96.8 Å². The Kier molecular flexibility index (Phi) is 5.71. The fraction of sp³-hybridized carbons (Fsp3) is 1.00. The second kappa shape index (κ2) is 6.55. The Morgan fingerprint density at radius 1 is 1.13 bits per heavy atom. The van der Waals surface area contributed by atoms with Crippen molar-refractivity contribution in [2.75, 3.05) is 0 Å². The second-order valence-corrected chi connectivity index (χ2v) is 5.64. The maximum atomic E-state index is 2.47. The van der Waals surface area contributed by atoms with E-state index in [4.69, 9.17) is 0 Å². The topological polar surface area (TPSA) is 0 Å². The third-order valence-corrected chi connectivity index (χ3v) is 4.61. The molecule has 1 rings (SSSR count). The molecule has 4 atom stereocenters. The van der Waals surface area contributed by atoms with Crippen LogP contribution < -0.4 is 0 Å². The molecular formula is C15H30. The number of rotatable bonds is 7. The Morgan fingerprint density at radius 3 is 2.33 bits per heavy atom. The van der Waals surface area contributed by atoms with Crippen LogP contribution in [0, 0.1) is 23.7 Å². The first kappa shape index (κ1) is 13.1. The molecular weight excluding hydrogens is 180 g/mol. The van der Waals surface area contributed by atoms with E-state index in [1.54, 1.807) is 0 Å². The summed E-state index contributed by atoms with van der Waals surface area (Å²) < 4.78 is 0. The molecule has 1 fully saturated rings. The predicted octanol–water partition coefficient (Wildman–Crippen LogP) is 5.28. The lowest BCUT2D eigenvalue weighted by Crippen LogP contribution is -2.39. The highest BCUT2D eigenvalue weighted by molar-refractivity contribution is 4.90. The minimum absolute atomic E-state index is 1.02. The van der Waals surface area contributed by atoms with Gasteiger partial charge in [0.15, 0.2) is 0 Å². The van der Waals surface area contributed by atoms with Gasteiger partial charge in [0.1, 0.15) is 0 Å². The molecule has 0 nitrogen and oxygen atoms in total. The SMILES string of the molecule is CCCCC1C(C)CC1C(CC)CCC. The zero-order chi connectivity index (χ0) is 11.3. The summed E-state index contributed by atoms with van der Waals surface area (Å²) in [5.41, 5.74) is 0. The van der Waals surface area contributed by atoms with Gasteiger partial charge >= 0.3 is 0 Å². The second-order valence-electron chi connectivity index (χ2n) is 5.64. The van der Waals surface area contributed by atoms with E-state index in [2.05, 4.69) is 27.7 Å². The van der Waals surface area contributed by atoms with Crippen LogP contribution in [0.5, 0.6) is 0 Å². The number of unbranched alkanes of at least 4 members (excludes halogenated alkanes) is 1. The zero-order valence-corrected chi connectivity index (χ0v) is 11.3. The molecule has 0 heterocycles. The summed E-state index contributed by atoms with van der Waals surface area (Å²) in [6, 6.07) is 0. The Bertz CT molecular complexity index is 161. The lowest BCUT2D eigenvalue weighted by molar-refractivity contribution is 0.0206. The highest BCUT2D eigenvalue weighted by atomic mass is 14.5. The molecule has 0 heteroatoms. The quantitative estimate of drug-likeness (QED) is 0.536. The molecule has 0 spiro atoms. The van der Waals surface area contributed by atoms with Crippen molar-refractivity contribution in [3.8, 4) is 0 Å². The molecule has 1 aliphatic rings. The molecule has 15 heavy (non-hydrogen) atoms. The lowest BCUT2D eigenvalue weighted by atomic mass is 9.58. The van der Waals surface area contributed by atoms with Crippen LogP contribution in [0.15, 0.2) is 0 Å². The molecule has 0 amide bonds. The lowest BCUT2D eigenvalue weighted by Gasteiger charge is -2.47. The van der Waals surface area contributed by atoms with Crippen molar-refractivity contribution in [2.45, 2.75) is 72.6 Å². The van der Waals surface area contributed by atoms with E-state index in [1.807, 2.05) is 0 Å². The van der Waals surface area contributed by atoms with Crippen LogP contribution in [-0.4, -0.2) is 0 Å². The van der Waals surface area contributed by atoms with Crippen molar-refractivity contribution in [3.05, 3.63) is 0 Å². The summed E-state index contributed by atoms with van der Waals surface area (Å²) in [6.45, 7) is 9.52. The van der Waals surface area contributed by atoms with Gasteiger partial charge < -0.3 is 0 Å². The van der Waals surface area contributed by atoms with E-state index in [1.165, 1.54) is 44.9 Å². The Morgan fingerprint density at radius 2 is 1.87 bits per heavy atom. The molecule has 0 aromatic heterocycles. The molecule has 0 aromatic carbocycles. The third kappa shape index (κ3) is 3.23. The van der Waals surface area contributed by atoms with Crippen LogP contribution in [0.25, 0.3) is 0 Å². The van der Waals surface area contributed by atoms with Crippen LogP contribution in [0.3, 0.4) is 0 Å². The minimum Gasteiger partial charge on any atom is -0.0654 e. The first-order valence-corrected chi connectivity index (χ1v) is 7.24. The van der Waals surface area contributed by atoms with Gasteiger partial charge in [-0.15, -0.1) is 0 Å². The normalized spacial score (nSPS) is 32.4. The average molecular weight is 210 g/mol. The molecule has 0 saturated heterocycles. The monoisotopic (exact) mass is 210 g/mol. The van der Waals surface area contributed by atoms with Gasteiger partial charge in [-0.05, 0) is 36.5 Å². The summed E-state index contributed by atoms with van der Waals surface area (Å²) in [5.74, 6) is 4.21. The third-order valence-electron chi connectivity index (χ3n) is 4.61. The fourth-order valence-corrected chi connectivity index (χ4v) is 3.58. The van der Waals surface area contributed by atoms with Gasteiger partial charge in [0.05, 0.1) is 0 Å². The fourth-order valence-electron chi connectivity index (χ4n) is 3.58. The summed E-state index contributed by atoms with van der Waals surface area (Å²) in [6.07, 6.45) is 10.1. The van der Waals surface area contributed by atoms with Gasteiger partial charge in [0.2, 0.25) is 0 Å². The molecule has 1 aliphatic carbocycles. The maximum Gasteiger partial charge on any atom is -0.0352 e. The summed E-state index contributed by atoms with van der Waals surface area (Å²) >= 11 is 0. The van der Waals surface area contributed by atoms with Gasteiger partial charge in [0.25, 0.3) is 0 Å². The number of hydrogen-bond acceptors (Lipinski definition) is 0. The van der Waals surface area contributed by atoms with Crippen molar-refractivity contribution >= 4 is 0 Å². The van der Waals surface area contributed by atoms with Crippen LogP contribution in [0.2, 0.25) is 0 Å². The van der Waals surface area contributed by atoms with Gasteiger partial charge in [0, 0.05) is 0 Å². The van der Waals surface area contributed by atoms with Crippen LogP contribution in [0.4, 0.5) is 0 Å². The van der Waals surface area contributed by atoms with E-state index in [0.717, 1.165) is 23.7 Å². The van der Waals surface area contributed by atoms with E-state index < -0.39 is 0 Å². The first-order chi connectivity index (χ1) is 7.24. The number of hydrogen-bond donors (Lipinski definition) is 0. The Balaban J connectivity index is 2.39. The van der Waals surface area contributed by atoms with Crippen molar-refractivity contribution < 1.29 is 0 Å². The zero-order valence-electron chi connectivity index (χ0n) is 11.3. The van der Waals surface area contributed by atoms with Gasteiger partial charge in [-0.2, -0.15) is 0 Å². The van der Waals surface area contributed by atoms with Crippen molar-refractivity contribution in [2.24, 2.45) is 23.7 Å². The Hall–Kier alpha value is 0. The van der Waals surface area contributed by atoms with Crippen LogP contribution in [0.1, 0.15) is 72.6 Å². The smallest absolute Gasteiger partial charge is 0.0352 e. The minimum atomic E-state index is 1.02. The van der Waals surface area contributed by atoms with E-state index >= 15 is 0 Å².